The Hall–Kier alpha value is -2.81. The van der Waals surface area contributed by atoms with Crippen molar-refractivity contribution in [2.45, 2.75) is 26.2 Å². The number of nitrogens with zero attached hydrogens (tertiary/aromatic N) is 4. The SMILES string of the molecule is CCCc1nnc(NC(=O)[C@@H]2CC(=O)N(c3n[nH]c4ccccc34)C2)s1. The zero-order valence-electron chi connectivity index (χ0n) is 14.2. The molecule has 0 radical (unpaired) electrons. The lowest BCUT2D eigenvalue weighted by molar-refractivity contribution is -0.122. The summed E-state index contributed by atoms with van der Waals surface area (Å²) in [4.78, 5) is 26.5. The Labute approximate surface area is 153 Å². The van der Waals surface area contributed by atoms with Gasteiger partial charge in [-0.1, -0.05) is 30.4 Å². The number of hydrogen-bond donors (Lipinski definition) is 2. The number of hydrogen-bond acceptors (Lipinski definition) is 6. The summed E-state index contributed by atoms with van der Waals surface area (Å²) in [7, 11) is 0. The van der Waals surface area contributed by atoms with Crippen LogP contribution in [0, 0.1) is 5.92 Å². The normalized spacial score (nSPS) is 17.2. The number of anilines is 2. The Balaban J connectivity index is 1.47. The summed E-state index contributed by atoms with van der Waals surface area (Å²) < 4.78 is 0. The number of carbonyl (C=O) groups excluding carboxylic acids is 2. The molecule has 1 aromatic carbocycles. The van der Waals surface area contributed by atoms with Crippen LogP contribution in [0.15, 0.2) is 24.3 Å². The van der Waals surface area contributed by atoms with Gasteiger partial charge in [-0.2, -0.15) is 5.10 Å². The second-order valence-electron chi connectivity index (χ2n) is 6.24. The zero-order chi connectivity index (χ0) is 18.1. The third-order valence-electron chi connectivity index (χ3n) is 4.36. The van der Waals surface area contributed by atoms with E-state index in [1.807, 2.05) is 24.3 Å². The van der Waals surface area contributed by atoms with E-state index in [1.165, 1.54) is 11.3 Å². The molecule has 9 heteroatoms. The van der Waals surface area contributed by atoms with Crippen LogP contribution in [0.25, 0.3) is 10.9 Å². The van der Waals surface area contributed by atoms with Crippen molar-refractivity contribution in [3.8, 4) is 0 Å². The first-order valence-corrected chi connectivity index (χ1v) is 9.34. The van der Waals surface area contributed by atoms with E-state index >= 15 is 0 Å². The summed E-state index contributed by atoms with van der Waals surface area (Å²) in [5, 5.41) is 20.3. The fourth-order valence-electron chi connectivity index (χ4n) is 3.07. The van der Waals surface area contributed by atoms with Crippen LogP contribution in [0.3, 0.4) is 0 Å². The monoisotopic (exact) mass is 370 g/mol. The molecule has 0 unspecified atom stereocenters. The molecule has 1 aliphatic rings. The molecule has 1 aliphatic heterocycles. The highest BCUT2D eigenvalue weighted by molar-refractivity contribution is 7.15. The van der Waals surface area contributed by atoms with Crippen molar-refractivity contribution in [1.82, 2.24) is 20.4 Å². The van der Waals surface area contributed by atoms with Crippen LogP contribution in [0.1, 0.15) is 24.8 Å². The van der Waals surface area contributed by atoms with Crippen LogP contribution >= 0.6 is 11.3 Å². The van der Waals surface area contributed by atoms with Crippen molar-refractivity contribution < 1.29 is 9.59 Å². The first-order chi connectivity index (χ1) is 12.7. The average Bonchev–Trinajstić information content (AvgIpc) is 3.34. The Morgan fingerprint density at radius 2 is 2.23 bits per heavy atom. The molecule has 4 rings (SSSR count). The third kappa shape index (κ3) is 3.05. The molecule has 3 heterocycles. The molecule has 2 amide bonds. The number of fused-ring (bicyclic) bond motifs is 1. The van der Waals surface area contributed by atoms with E-state index in [9.17, 15) is 9.59 Å². The number of amides is 2. The number of benzene rings is 1. The minimum Gasteiger partial charge on any atom is -0.300 e. The molecule has 134 valence electrons. The third-order valence-corrected chi connectivity index (χ3v) is 5.26. The van der Waals surface area contributed by atoms with Gasteiger partial charge in [-0.3, -0.25) is 19.6 Å². The molecule has 0 saturated carbocycles. The van der Waals surface area contributed by atoms with Gasteiger partial charge in [0, 0.05) is 24.8 Å². The number of nitrogens with one attached hydrogen (secondary N) is 2. The van der Waals surface area contributed by atoms with E-state index < -0.39 is 5.92 Å². The highest BCUT2D eigenvalue weighted by Gasteiger charge is 2.37. The standard InChI is InChI=1S/C17H18N6O2S/c1-2-5-13-20-22-17(26-13)18-16(25)10-8-14(24)23(9-10)15-11-6-3-4-7-12(11)19-21-15/h3-4,6-7,10H,2,5,8-9H2,1H3,(H,19,21)(H,18,22,25)/t10-/m1/s1. The number of aryl methyl sites for hydroxylation is 1. The molecular formula is C17H18N6O2S. The maximum absolute atomic E-state index is 12.5. The lowest BCUT2D eigenvalue weighted by atomic mass is 10.1. The van der Waals surface area contributed by atoms with Crippen LogP contribution < -0.4 is 10.2 Å². The minimum absolute atomic E-state index is 0.105. The lowest BCUT2D eigenvalue weighted by Gasteiger charge is -2.13. The molecule has 1 saturated heterocycles. The highest BCUT2D eigenvalue weighted by Crippen LogP contribution is 2.30. The fourth-order valence-corrected chi connectivity index (χ4v) is 3.91. The van der Waals surface area contributed by atoms with E-state index in [0.717, 1.165) is 28.8 Å². The van der Waals surface area contributed by atoms with Crippen LogP contribution in [-0.2, 0) is 16.0 Å². The maximum Gasteiger partial charge on any atom is 0.231 e. The summed E-state index contributed by atoms with van der Waals surface area (Å²) >= 11 is 1.38. The maximum atomic E-state index is 12.5. The summed E-state index contributed by atoms with van der Waals surface area (Å²) in [6.45, 7) is 2.37. The molecule has 1 atom stereocenters. The van der Waals surface area contributed by atoms with E-state index in [2.05, 4.69) is 32.6 Å². The van der Waals surface area contributed by atoms with Gasteiger partial charge in [0.25, 0.3) is 0 Å². The van der Waals surface area contributed by atoms with E-state index in [-0.39, 0.29) is 18.2 Å². The predicted octanol–water partition coefficient (Wildman–Crippen LogP) is 2.36. The summed E-state index contributed by atoms with van der Waals surface area (Å²) in [5.74, 6) is -0.176. The number of aromatic nitrogens is 4. The number of H-pyrrole nitrogens is 1. The smallest absolute Gasteiger partial charge is 0.231 e. The topological polar surface area (TPSA) is 104 Å². The molecular weight excluding hydrogens is 352 g/mol. The van der Waals surface area contributed by atoms with Gasteiger partial charge < -0.3 is 5.32 Å². The Bertz CT molecular complexity index is 965. The Morgan fingerprint density at radius 3 is 3.08 bits per heavy atom. The van der Waals surface area contributed by atoms with Gasteiger partial charge in [-0.05, 0) is 18.6 Å². The fraction of sp³-hybridized carbons (Fsp3) is 0.353. The largest absolute Gasteiger partial charge is 0.300 e. The van der Waals surface area contributed by atoms with Crippen LogP contribution in [0.4, 0.5) is 10.9 Å². The molecule has 8 nitrogen and oxygen atoms in total. The van der Waals surface area contributed by atoms with Gasteiger partial charge in [-0.25, -0.2) is 0 Å². The van der Waals surface area contributed by atoms with Gasteiger partial charge >= 0.3 is 0 Å². The molecule has 2 N–H and O–H groups in total. The highest BCUT2D eigenvalue weighted by atomic mass is 32.1. The van der Waals surface area contributed by atoms with E-state index in [0.29, 0.717) is 17.5 Å². The van der Waals surface area contributed by atoms with E-state index in [1.54, 1.807) is 4.90 Å². The van der Waals surface area contributed by atoms with Gasteiger partial charge in [0.1, 0.15) is 5.01 Å². The number of carbonyl (C=O) groups is 2. The average molecular weight is 370 g/mol. The summed E-state index contributed by atoms with van der Waals surface area (Å²) in [6, 6.07) is 7.61. The number of aromatic amines is 1. The van der Waals surface area contributed by atoms with Gasteiger partial charge in [0.15, 0.2) is 5.82 Å². The van der Waals surface area contributed by atoms with Crippen molar-refractivity contribution in [3.63, 3.8) is 0 Å². The van der Waals surface area contributed by atoms with Crippen LogP contribution in [0.5, 0.6) is 0 Å². The molecule has 26 heavy (non-hydrogen) atoms. The first-order valence-electron chi connectivity index (χ1n) is 8.52. The van der Waals surface area contributed by atoms with E-state index in [4.69, 9.17) is 0 Å². The molecule has 0 spiro atoms. The Kier molecular flexibility index (Phi) is 4.37. The second-order valence-corrected chi connectivity index (χ2v) is 7.30. The van der Waals surface area contributed by atoms with Crippen LogP contribution in [-0.4, -0.2) is 38.8 Å². The summed E-state index contributed by atoms with van der Waals surface area (Å²) in [6.07, 6.45) is 1.98. The van der Waals surface area contributed by atoms with Crippen LogP contribution in [0.2, 0.25) is 0 Å². The van der Waals surface area contributed by atoms with Crippen molar-refractivity contribution in [2.24, 2.45) is 5.92 Å². The van der Waals surface area contributed by atoms with Crippen molar-refractivity contribution >= 4 is 45.0 Å². The van der Waals surface area contributed by atoms with Crippen molar-refractivity contribution in [2.75, 3.05) is 16.8 Å². The van der Waals surface area contributed by atoms with Crippen molar-refractivity contribution in [1.29, 1.82) is 0 Å². The first kappa shape index (κ1) is 16.6. The van der Waals surface area contributed by atoms with Gasteiger partial charge in [-0.15, -0.1) is 10.2 Å². The number of para-hydroxylation sites is 1. The molecule has 1 fully saturated rings. The Morgan fingerprint density at radius 1 is 1.38 bits per heavy atom. The number of rotatable bonds is 5. The minimum atomic E-state index is -0.434. The van der Waals surface area contributed by atoms with Crippen molar-refractivity contribution in [3.05, 3.63) is 29.3 Å². The molecule has 2 aromatic heterocycles. The zero-order valence-corrected chi connectivity index (χ0v) is 15.0. The molecule has 0 aliphatic carbocycles. The molecule has 3 aromatic rings. The summed E-state index contributed by atoms with van der Waals surface area (Å²) in [5.41, 5.74) is 0.862. The molecule has 0 bridgehead atoms. The van der Waals surface area contributed by atoms with Gasteiger partial charge in [0.05, 0.1) is 11.4 Å². The lowest BCUT2D eigenvalue weighted by Crippen LogP contribution is -2.28. The quantitative estimate of drug-likeness (QED) is 0.717. The van der Waals surface area contributed by atoms with Gasteiger partial charge in [0.2, 0.25) is 16.9 Å². The second kappa shape index (κ2) is 6.83. The predicted molar refractivity (Wildman–Crippen MR) is 99.1 cm³/mol.